The van der Waals surface area contributed by atoms with Crippen molar-refractivity contribution < 1.29 is 4.74 Å². The predicted octanol–water partition coefficient (Wildman–Crippen LogP) is 8.58. The zero-order valence-corrected chi connectivity index (χ0v) is 21.1. The molecule has 0 atom stereocenters. The fourth-order valence-corrected chi connectivity index (χ4v) is 4.93. The summed E-state index contributed by atoms with van der Waals surface area (Å²) in [5, 5.41) is 0. The third-order valence-corrected chi connectivity index (χ3v) is 6.92. The highest BCUT2D eigenvalue weighted by Gasteiger charge is 2.19. The normalized spacial score (nSPS) is 11.9. The smallest absolute Gasteiger partial charge is 0.159 e. The maximum absolute atomic E-state index is 5.85. The molecular formula is C31H40N2O. The number of ether oxygens (including phenoxy) is 1. The summed E-state index contributed by atoms with van der Waals surface area (Å²) in [6.45, 7) is 5.26. The highest BCUT2D eigenvalue weighted by Crippen LogP contribution is 2.38. The van der Waals surface area contributed by atoms with Gasteiger partial charge in [-0.15, -0.1) is 0 Å². The van der Waals surface area contributed by atoms with Crippen LogP contribution < -0.4 is 4.74 Å². The summed E-state index contributed by atoms with van der Waals surface area (Å²) in [4.78, 5) is 9.18. The van der Waals surface area contributed by atoms with E-state index in [1.54, 1.807) is 0 Å². The Labute approximate surface area is 206 Å². The number of aryl methyl sites for hydroxylation is 1. The molecule has 1 aliphatic rings. The Morgan fingerprint density at radius 3 is 2.12 bits per heavy atom. The van der Waals surface area contributed by atoms with Crippen LogP contribution in [0.15, 0.2) is 48.8 Å². The number of hydrogen-bond donors (Lipinski definition) is 0. The van der Waals surface area contributed by atoms with Crippen molar-refractivity contribution in [1.29, 1.82) is 0 Å². The minimum atomic E-state index is 0.743. The molecule has 0 saturated carbocycles. The second-order valence-corrected chi connectivity index (χ2v) is 9.71. The van der Waals surface area contributed by atoms with E-state index >= 15 is 0 Å². The van der Waals surface area contributed by atoms with Gasteiger partial charge in [0.2, 0.25) is 0 Å². The van der Waals surface area contributed by atoms with Crippen LogP contribution in [0.2, 0.25) is 0 Å². The van der Waals surface area contributed by atoms with E-state index in [1.807, 2.05) is 12.4 Å². The molecule has 34 heavy (non-hydrogen) atoms. The van der Waals surface area contributed by atoms with Crippen LogP contribution in [-0.4, -0.2) is 16.6 Å². The van der Waals surface area contributed by atoms with Crippen LogP contribution in [-0.2, 0) is 12.8 Å². The molecule has 0 aliphatic heterocycles. The van der Waals surface area contributed by atoms with Crippen molar-refractivity contribution in [2.75, 3.05) is 6.61 Å². The van der Waals surface area contributed by atoms with Gasteiger partial charge in [-0.25, -0.2) is 9.97 Å². The Balaban J connectivity index is 1.32. The van der Waals surface area contributed by atoms with Gasteiger partial charge in [-0.05, 0) is 59.6 Å². The van der Waals surface area contributed by atoms with E-state index in [9.17, 15) is 0 Å². The molecular weight excluding hydrogens is 416 g/mol. The van der Waals surface area contributed by atoms with Gasteiger partial charge in [-0.1, -0.05) is 95.5 Å². The molecule has 1 aromatic heterocycles. The largest absolute Gasteiger partial charge is 0.490 e. The van der Waals surface area contributed by atoms with Gasteiger partial charge in [0.15, 0.2) is 11.6 Å². The quantitative estimate of drug-likeness (QED) is 0.178. The number of rotatable bonds is 14. The van der Waals surface area contributed by atoms with E-state index in [4.69, 9.17) is 4.74 Å². The first-order chi connectivity index (χ1) is 16.8. The van der Waals surface area contributed by atoms with Crippen LogP contribution in [0.1, 0.15) is 94.7 Å². The fraction of sp³-hybridized carbons (Fsp3) is 0.484. The van der Waals surface area contributed by atoms with Crippen molar-refractivity contribution in [3.05, 3.63) is 65.5 Å². The van der Waals surface area contributed by atoms with Gasteiger partial charge < -0.3 is 4.74 Å². The summed E-state index contributed by atoms with van der Waals surface area (Å²) in [7, 11) is 0. The Morgan fingerprint density at radius 2 is 1.35 bits per heavy atom. The summed E-state index contributed by atoms with van der Waals surface area (Å²) < 4.78 is 5.85. The van der Waals surface area contributed by atoms with E-state index in [-0.39, 0.29) is 0 Å². The van der Waals surface area contributed by atoms with E-state index in [0.717, 1.165) is 36.6 Å². The molecule has 3 nitrogen and oxygen atoms in total. The van der Waals surface area contributed by atoms with Gasteiger partial charge in [0.05, 0.1) is 19.0 Å². The minimum Gasteiger partial charge on any atom is -0.490 e. The van der Waals surface area contributed by atoms with Crippen molar-refractivity contribution in [3.63, 3.8) is 0 Å². The van der Waals surface area contributed by atoms with Crippen molar-refractivity contribution >= 4 is 0 Å². The zero-order valence-electron chi connectivity index (χ0n) is 21.1. The summed E-state index contributed by atoms with van der Waals surface area (Å²) in [6, 6.07) is 13.7. The molecule has 3 heteroatoms. The Hall–Kier alpha value is -2.68. The lowest BCUT2D eigenvalue weighted by Gasteiger charge is -2.07. The van der Waals surface area contributed by atoms with Crippen LogP contribution >= 0.6 is 0 Å². The van der Waals surface area contributed by atoms with Crippen molar-refractivity contribution in [3.8, 4) is 28.3 Å². The van der Waals surface area contributed by atoms with Crippen LogP contribution in [0.4, 0.5) is 0 Å². The van der Waals surface area contributed by atoms with Crippen molar-refractivity contribution in [2.45, 2.75) is 90.9 Å². The highest BCUT2D eigenvalue weighted by molar-refractivity contribution is 5.79. The Bertz CT molecular complexity index is 1040. The Kier molecular flexibility index (Phi) is 9.12. The van der Waals surface area contributed by atoms with Gasteiger partial charge in [0.1, 0.15) is 0 Å². The molecule has 0 unspecified atom stereocenters. The monoisotopic (exact) mass is 456 g/mol. The number of hydrogen-bond acceptors (Lipinski definition) is 3. The Morgan fingerprint density at radius 1 is 0.706 bits per heavy atom. The zero-order chi connectivity index (χ0) is 23.6. The summed E-state index contributed by atoms with van der Waals surface area (Å²) in [6.07, 6.45) is 18.7. The standard InChI is InChI=1S/C31H40N2O/c1-3-5-7-9-10-12-18-34-28-22-32-31(33-23-28)25-15-17-30-27(20-25)21-26-19-24(14-16-29(26)30)13-11-8-6-4-2/h14-17,19-20,22-23H,3-13,18,21H2,1-2H3. The summed E-state index contributed by atoms with van der Waals surface area (Å²) >= 11 is 0. The van der Waals surface area contributed by atoms with Gasteiger partial charge in [-0.2, -0.15) is 0 Å². The lowest BCUT2D eigenvalue weighted by molar-refractivity contribution is 0.302. The maximum atomic E-state index is 5.85. The lowest BCUT2D eigenvalue weighted by atomic mass is 10.00. The number of aromatic nitrogens is 2. The topological polar surface area (TPSA) is 35.0 Å². The molecule has 180 valence electrons. The maximum Gasteiger partial charge on any atom is 0.159 e. The first-order valence-corrected chi connectivity index (χ1v) is 13.5. The summed E-state index contributed by atoms with van der Waals surface area (Å²) in [5.74, 6) is 1.53. The molecule has 0 spiro atoms. The molecule has 0 radical (unpaired) electrons. The second-order valence-electron chi connectivity index (χ2n) is 9.71. The molecule has 0 saturated heterocycles. The van der Waals surface area contributed by atoms with Crippen LogP contribution in [0.5, 0.6) is 5.75 Å². The molecule has 0 fully saturated rings. The number of benzene rings is 2. The SMILES string of the molecule is CCCCCCCCOc1cnc(-c2ccc3c(c2)Cc2cc(CCCCCC)ccc2-3)nc1. The third kappa shape index (κ3) is 6.46. The number of nitrogens with zero attached hydrogens (tertiary/aromatic N) is 2. The van der Waals surface area contributed by atoms with E-state index in [2.05, 4.69) is 60.2 Å². The second kappa shape index (κ2) is 12.7. The number of fused-ring (bicyclic) bond motifs is 3. The van der Waals surface area contributed by atoms with E-state index in [1.165, 1.54) is 92.0 Å². The van der Waals surface area contributed by atoms with Crippen LogP contribution in [0.3, 0.4) is 0 Å². The highest BCUT2D eigenvalue weighted by atomic mass is 16.5. The molecule has 2 aromatic carbocycles. The average molecular weight is 457 g/mol. The molecule has 1 aliphatic carbocycles. The van der Waals surface area contributed by atoms with E-state index in [0.29, 0.717) is 0 Å². The number of unbranched alkanes of at least 4 members (excludes halogenated alkanes) is 8. The van der Waals surface area contributed by atoms with Crippen LogP contribution in [0.25, 0.3) is 22.5 Å². The van der Waals surface area contributed by atoms with Crippen LogP contribution in [0, 0.1) is 0 Å². The van der Waals surface area contributed by atoms with Crippen molar-refractivity contribution in [2.24, 2.45) is 0 Å². The van der Waals surface area contributed by atoms with E-state index < -0.39 is 0 Å². The molecule has 0 amide bonds. The lowest BCUT2D eigenvalue weighted by Crippen LogP contribution is -1.99. The molecule has 4 rings (SSSR count). The first kappa shape index (κ1) is 24.4. The van der Waals surface area contributed by atoms with Gasteiger partial charge in [0, 0.05) is 5.56 Å². The average Bonchev–Trinajstić information content (AvgIpc) is 3.23. The predicted molar refractivity (Wildman–Crippen MR) is 142 cm³/mol. The van der Waals surface area contributed by atoms with Crippen molar-refractivity contribution in [1.82, 2.24) is 9.97 Å². The minimum absolute atomic E-state index is 0.743. The first-order valence-electron chi connectivity index (χ1n) is 13.5. The van der Waals surface area contributed by atoms with Gasteiger partial charge in [0.25, 0.3) is 0 Å². The third-order valence-electron chi connectivity index (χ3n) is 6.92. The molecule has 0 N–H and O–H groups in total. The molecule has 3 aromatic rings. The fourth-order valence-electron chi connectivity index (χ4n) is 4.93. The van der Waals surface area contributed by atoms with Gasteiger partial charge >= 0.3 is 0 Å². The summed E-state index contributed by atoms with van der Waals surface area (Å²) in [5.41, 5.74) is 8.13. The van der Waals surface area contributed by atoms with Gasteiger partial charge in [-0.3, -0.25) is 0 Å². The molecule has 0 bridgehead atoms. The molecule has 1 heterocycles.